The predicted molar refractivity (Wildman–Crippen MR) is 71.4 cm³/mol. The molecular weight excluding hydrogens is 232 g/mol. The minimum absolute atomic E-state index is 0.478. The van der Waals surface area contributed by atoms with Crippen LogP contribution in [0.2, 0.25) is 0 Å². The van der Waals surface area contributed by atoms with Gasteiger partial charge < -0.3 is 10.1 Å². The van der Waals surface area contributed by atoms with E-state index >= 15 is 0 Å². The summed E-state index contributed by atoms with van der Waals surface area (Å²) in [5.74, 6) is 0.703. The molecule has 0 aromatic carbocycles. The zero-order valence-corrected chi connectivity index (χ0v) is 11.6. The van der Waals surface area contributed by atoms with E-state index < -0.39 is 0 Å². The molecule has 1 unspecified atom stereocenters. The highest BCUT2D eigenvalue weighted by Gasteiger charge is 2.27. The van der Waals surface area contributed by atoms with E-state index in [4.69, 9.17) is 4.74 Å². The molecule has 1 fully saturated rings. The van der Waals surface area contributed by atoms with Crippen molar-refractivity contribution in [1.29, 1.82) is 0 Å². The maximum atomic E-state index is 5.46. The molecule has 17 heavy (non-hydrogen) atoms. The van der Waals surface area contributed by atoms with Gasteiger partial charge in [-0.25, -0.2) is 4.98 Å². The van der Waals surface area contributed by atoms with E-state index in [1.807, 2.05) is 5.51 Å². The van der Waals surface area contributed by atoms with E-state index in [9.17, 15) is 0 Å². The summed E-state index contributed by atoms with van der Waals surface area (Å²) < 4.78 is 5.46. The van der Waals surface area contributed by atoms with Crippen molar-refractivity contribution < 1.29 is 4.74 Å². The summed E-state index contributed by atoms with van der Waals surface area (Å²) in [7, 11) is 0. The second kappa shape index (κ2) is 6.47. The zero-order chi connectivity index (χ0) is 12.1. The lowest BCUT2D eigenvalue weighted by atomic mass is 9.90. The lowest BCUT2D eigenvalue weighted by Gasteiger charge is -2.30. The largest absolute Gasteiger partial charge is 0.381 e. The van der Waals surface area contributed by atoms with Crippen LogP contribution in [0.15, 0.2) is 5.51 Å². The topological polar surface area (TPSA) is 34.2 Å². The highest BCUT2D eigenvalue weighted by molar-refractivity contribution is 7.09. The van der Waals surface area contributed by atoms with E-state index in [1.165, 1.54) is 29.8 Å². The number of nitrogens with zero attached hydrogens (tertiary/aromatic N) is 1. The maximum Gasteiger partial charge on any atom is 0.0798 e. The molecule has 0 bridgehead atoms. The number of aryl methyl sites for hydroxylation is 1. The van der Waals surface area contributed by atoms with Gasteiger partial charge in [0.1, 0.15) is 0 Å². The van der Waals surface area contributed by atoms with E-state index in [-0.39, 0.29) is 0 Å². The Hall–Kier alpha value is -0.450. The summed E-state index contributed by atoms with van der Waals surface area (Å²) in [6.45, 7) is 7.23. The summed E-state index contributed by atoms with van der Waals surface area (Å²) in [4.78, 5) is 5.81. The average molecular weight is 254 g/mol. The van der Waals surface area contributed by atoms with Crippen molar-refractivity contribution in [3.63, 3.8) is 0 Å². The highest BCUT2D eigenvalue weighted by Crippen LogP contribution is 2.33. The van der Waals surface area contributed by atoms with Gasteiger partial charge in [-0.15, -0.1) is 11.3 Å². The molecule has 0 spiro atoms. The first-order valence-corrected chi connectivity index (χ1v) is 7.42. The molecule has 1 aliphatic rings. The Morgan fingerprint density at radius 2 is 2.29 bits per heavy atom. The van der Waals surface area contributed by atoms with Crippen LogP contribution in [0, 0.1) is 12.8 Å². The Labute approximate surface area is 108 Å². The number of rotatable bonds is 5. The number of nitrogens with one attached hydrogen (secondary N) is 1. The molecule has 3 nitrogen and oxygen atoms in total. The minimum Gasteiger partial charge on any atom is -0.381 e. The van der Waals surface area contributed by atoms with Crippen LogP contribution in [0.3, 0.4) is 0 Å². The Morgan fingerprint density at radius 1 is 1.53 bits per heavy atom. The summed E-state index contributed by atoms with van der Waals surface area (Å²) >= 11 is 1.79. The van der Waals surface area contributed by atoms with Crippen LogP contribution in [-0.2, 0) is 4.74 Å². The number of aromatic nitrogens is 1. The Morgan fingerprint density at radius 3 is 2.88 bits per heavy atom. The van der Waals surface area contributed by atoms with Crippen LogP contribution < -0.4 is 5.32 Å². The van der Waals surface area contributed by atoms with E-state index in [2.05, 4.69) is 24.1 Å². The third-order valence-corrected chi connectivity index (χ3v) is 4.43. The van der Waals surface area contributed by atoms with Crippen molar-refractivity contribution in [1.82, 2.24) is 10.3 Å². The number of hydrogen-bond acceptors (Lipinski definition) is 4. The van der Waals surface area contributed by atoms with Crippen molar-refractivity contribution in [2.45, 2.75) is 39.2 Å². The molecule has 1 aromatic rings. The fourth-order valence-corrected chi connectivity index (χ4v) is 3.40. The van der Waals surface area contributed by atoms with Crippen LogP contribution in [0.1, 0.15) is 42.8 Å². The predicted octanol–water partition coefficient (Wildman–Crippen LogP) is 2.92. The van der Waals surface area contributed by atoms with Gasteiger partial charge in [0, 0.05) is 24.1 Å². The van der Waals surface area contributed by atoms with Crippen LogP contribution in [-0.4, -0.2) is 24.7 Å². The molecular formula is C13H22N2OS. The van der Waals surface area contributed by atoms with Gasteiger partial charge in [-0.1, -0.05) is 6.92 Å². The standard InChI is InChI=1S/C13H22N2OS/c1-3-6-14-12(11-4-7-16-8-5-11)13-10(2)15-9-17-13/h9,11-12,14H,3-8H2,1-2H3. The second-order valence-corrected chi connectivity index (χ2v) is 5.57. The number of thiazole rings is 1. The van der Waals surface area contributed by atoms with Crippen LogP contribution >= 0.6 is 11.3 Å². The van der Waals surface area contributed by atoms with Crippen LogP contribution in [0.25, 0.3) is 0 Å². The first kappa shape index (κ1) is 13.0. The first-order valence-electron chi connectivity index (χ1n) is 6.54. The maximum absolute atomic E-state index is 5.46. The highest BCUT2D eigenvalue weighted by atomic mass is 32.1. The van der Waals surface area contributed by atoms with Gasteiger partial charge in [-0.05, 0) is 38.6 Å². The quantitative estimate of drug-likeness (QED) is 0.877. The van der Waals surface area contributed by atoms with E-state index in [1.54, 1.807) is 11.3 Å². The summed E-state index contributed by atoms with van der Waals surface area (Å²) in [5.41, 5.74) is 3.15. The molecule has 2 heterocycles. The van der Waals surface area contributed by atoms with Gasteiger partial charge in [0.25, 0.3) is 0 Å². The Balaban J connectivity index is 2.09. The molecule has 1 saturated heterocycles. The van der Waals surface area contributed by atoms with Crippen LogP contribution in [0.5, 0.6) is 0 Å². The Kier molecular flexibility index (Phi) is 4.95. The van der Waals surface area contributed by atoms with Crippen molar-refractivity contribution in [3.05, 3.63) is 16.1 Å². The summed E-state index contributed by atoms with van der Waals surface area (Å²) in [5, 5.41) is 3.70. The molecule has 0 saturated carbocycles. The smallest absolute Gasteiger partial charge is 0.0798 e. The van der Waals surface area contributed by atoms with Gasteiger partial charge in [-0.3, -0.25) is 0 Å². The molecule has 2 rings (SSSR count). The first-order chi connectivity index (χ1) is 8.33. The third kappa shape index (κ3) is 3.27. The van der Waals surface area contributed by atoms with E-state index in [0.717, 1.165) is 19.8 Å². The molecule has 1 aliphatic heterocycles. The number of ether oxygens (including phenoxy) is 1. The lowest BCUT2D eigenvalue weighted by Crippen LogP contribution is -2.32. The minimum atomic E-state index is 0.478. The lowest BCUT2D eigenvalue weighted by molar-refractivity contribution is 0.0539. The SMILES string of the molecule is CCCNC(c1scnc1C)C1CCOCC1. The molecule has 1 N–H and O–H groups in total. The normalized spacial score (nSPS) is 19.4. The molecule has 0 amide bonds. The zero-order valence-electron chi connectivity index (χ0n) is 10.7. The number of hydrogen-bond donors (Lipinski definition) is 1. The van der Waals surface area contributed by atoms with Gasteiger partial charge in [0.2, 0.25) is 0 Å². The van der Waals surface area contributed by atoms with Gasteiger partial charge in [0.05, 0.1) is 11.2 Å². The molecule has 1 atom stereocenters. The van der Waals surface area contributed by atoms with Gasteiger partial charge in [-0.2, -0.15) is 0 Å². The van der Waals surface area contributed by atoms with Crippen molar-refractivity contribution >= 4 is 11.3 Å². The molecule has 0 radical (unpaired) electrons. The summed E-state index contributed by atoms with van der Waals surface area (Å²) in [6.07, 6.45) is 3.51. The third-order valence-electron chi connectivity index (χ3n) is 3.42. The fourth-order valence-electron chi connectivity index (χ4n) is 2.43. The van der Waals surface area contributed by atoms with Crippen molar-refractivity contribution in [2.24, 2.45) is 5.92 Å². The monoisotopic (exact) mass is 254 g/mol. The molecule has 96 valence electrons. The molecule has 4 heteroatoms. The average Bonchev–Trinajstić information content (AvgIpc) is 2.78. The molecule has 1 aromatic heterocycles. The molecule has 0 aliphatic carbocycles. The van der Waals surface area contributed by atoms with E-state index in [0.29, 0.717) is 12.0 Å². The Bertz CT molecular complexity index is 334. The fraction of sp³-hybridized carbons (Fsp3) is 0.769. The van der Waals surface area contributed by atoms with Crippen LogP contribution in [0.4, 0.5) is 0 Å². The summed E-state index contributed by atoms with van der Waals surface area (Å²) in [6, 6.07) is 0.478. The van der Waals surface area contributed by atoms with Gasteiger partial charge >= 0.3 is 0 Å². The van der Waals surface area contributed by atoms with Crippen molar-refractivity contribution in [3.8, 4) is 0 Å². The van der Waals surface area contributed by atoms with Crippen molar-refractivity contribution in [2.75, 3.05) is 19.8 Å². The second-order valence-electron chi connectivity index (χ2n) is 4.68. The van der Waals surface area contributed by atoms with Gasteiger partial charge in [0.15, 0.2) is 0 Å².